The molecule has 0 bridgehead atoms. The third-order valence-electron chi connectivity index (χ3n) is 7.54. The van der Waals surface area contributed by atoms with Crippen LogP contribution in [-0.2, 0) is 21.4 Å². The van der Waals surface area contributed by atoms with Gasteiger partial charge in [-0.25, -0.2) is 13.4 Å². The lowest BCUT2D eigenvalue weighted by molar-refractivity contribution is -0.123. The fourth-order valence-corrected chi connectivity index (χ4v) is 6.47. The number of hydrogen-bond acceptors (Lipinski definition) is 5. The normalized spacial score (nSPS) is 25.2. The number of hydrogen-bond donors (Lipinski definition) is 1. The highest BCUT2D eigenvalue weighted by Crippen LogP contribution is 2.29. The van der Waals surface area contributed by atoms with Crippen LogP contribution in [0.2, 0.25) is 0 Å². The van der Waals surface area contributed by atoms with Gasteiger partial charge < -0.3 is 5.32 Å². The van der Waals surface area contributed by atoms with Gasteiger partial charge in [0.15, 0.2) is 0 Å². The van der Waals surface area contributed by atoms with Gasteiger partial charge in [0.05, 0.1) is 22.1 Å². The van der Waals surface area contributed by atoms with Gasteiger partial charge in [-0.3, -0.25) is 14.2 Å². The number of nitrogens with one attached hydrogen (secondary N) is 1. The predicted octanol–water partition coefficient (Wildman–Crippen LogP) is 2.76. The Morgan fingerprint density at radius 2 is 1.85 bits per heavy atom. The molecule has 4 rings (SSSR count). The van der Waals surface area contributed by atoms with Crippen molar-refractivity contribution in [2.45, 2.75) is 70.4 Å². The van der Waals surface area contributed by atoms with Gasteiger partial charge >= 0.3 is 0 Å². The Morgan fingerprint density at radius 3 is 2.58 bits per heavy atom. The molecule has 1 saturated heterocycles. The number of fused-ring (bicyclic) bond motifs is 1. The largest absolute Gasteiger partial charge is 0.352 e. The van der Waals surface area contributed by atoms with Gasteiger partial charge in [-0.2, -0.15) is 4.31 Å². The van der Waals surface area contributed by atoms with Crippen LogP contribution >= 0.6 is 0 Å². The SMILES string of the molecule is CC1CCN(S(=O)(=O)c2ccc3ncn(CC(=O)NC4CCCC(C)C4C)c(=O)c3c2)CC1. The fourth-order valence-electron chi connectivity index (χ4n) is 4.98. The summed E-state index contributed by atoms with van der Waals surface area (Å²) in [6.07, 6.45) is 6.21. The average molecular weight is 475 g/mol. The van der Waals surface area contributed by atoms with Crippen LogP contribution in [0.25, 0.3) is 10.9 Å². The van der Waals surface area contributed by atoms with E-state index >= 15 is 0 Å². The second kappa shape index (κ2) is 9.54. The molecule has 33 heavy (non-hydrogen) atoms. The Morgan fingerprint density at radius 1 is 1.12 bits per heavy atom. The Bertz CT molecular complexity index is 1180. The second-order valence-electron chi connectivity index (χ2n) is 9.88. The number of rotatable bonds is 5. The van der Waals surface area contributed by atoms with Gasteiger partial charge in [0.25, 0.3) is 5.56 Å². The van der Waals surface area contributed by atoms with Crippen molar-refractivity contribution in [3.05, 3.63) is 34.9 Å². The summed E-state index contributed by atoms with van der Waals surface area (Å²) in [5.41, 5.74) is 0.00197. The molecule has 1 aliphatic carbocycles. The van der Waals surface area contributed by atoms with Crippen LogP contribution in [0.5, 0.6) is 0 Å². The van der Waals surface area contributed by atoms with Crippen molar-refractivity contribution in [1.29, 1.82) is 0 Å². The number of amides is 1. The van der Waals surface area contributed by atoms with Crippen LogP contribution < -0.4 is 10.9 Å². The van der Waals surface area contributed by atoms with Gasteiger partial charge in [-0.15, -0.1) is 0 Å². The molecule has 1 N–H and O–H groups in total. The zero-order chi connectivity index (χ0) is 23.8. The number of aromatic nitrogens is 2. The first-order chi connectivity index (χ1) is 15.7. The summed E-state index contributed by atoms with van der Waals surface area (Å²) in [7, 11) is -3.68. The van der Waals surface area contributed by atoms with Crippen molar-refractivity contribution in [2.75, 3.05) is 13.1 Å². The maximum atomic E-state index is 13.1. The lowest BCUT2D eigenvalue weighted by Crippen LogP contribution is -2.45. The van der Waals surface area contributed by atoms with E-state index in [4.69, 9.17) is 0 Å². The molecule has 8 nitrogen and oxygen atoms in total. The van der Waals surface area contributed by atoms with Crippen molar-refractivity contribution in [3.63, 3.8) is 0 Å². The summed E-state index contributed by atoms with van der Waals surface area (Å²) in [5, 5.41) is 3.28. The van der Waals surface area contributed by atoms with E-state index in [2.05, 4.69) is 31.1 Å². The summed E-state index contributed by atoms with van der Waals surface area (Å²) < 4.78 is 29.0. The van der Waals surface area contributed by atoms with Crippen LogP contribution in [0.4, 0.5) is 0 Å². The molecule has 9 heteroatoms. The van der Waals surface area contributed by atoms with E-state index in [0.717, 1.165) is 25.7 Å². The van der Waals surface area contributed by atoms with Crippen LogP contribution in [0, 0.1) is 17.8 Å². The zero-order valence-electron chi connectivity index (χ0n) is 19.7. The van der Waals surface area contributed by atoms with E-state index < -0.39 is 15.6 Å². The maximum Gasteiger partial charge on any atom is 0.261 e. The smallest absolute Gasteiger partial charge is 0.261 e. The first kappa shape index (κ1) is 23.9. The number of piperidine rings is 1. The Kier molecular flexibility index (Phi) is 6.91. The highest BCUT2D eigenvalue weighted by molar-refractivity contribution is 7.89. The Balaban J connectivity index is 1.55. The van der Waals surface area contributed by atoms with Crippen LogP contribution in [0.1, 0.15) is 52.9 Å². The molecule has 180 valence electrons. The highest BCUT2D eigenvalue weighted by Gasteiger charge is 2.29. The molecule has 3 atom stereocenters. The molecule has 2 fully saturated rings. The van der Waals surface area contributed by atoms with Gasteiger partial charge in [0.1, 0.15) is 6.54 Å². The van der Waals surface area contributed by atoms with Crippen molar-refractivity contribution in [2.24, 2.45) is 17.8 Å². The van der Waals surface area contributed by atoms with Crippen LogP contribution in [0.3, 0.4) is 0 Å². The minimum atomic E-state index is -3.68. The predicted molar refractivity (Wildman–Crippen MR) is 127 cm³/mol. The van der Waals surface area contributed by atoms with Gasteiger partial charge in [0, 0.05) is 19.1 Å². The van der Waals surface area contributed by atoms with Crippen molar-refractivity contribution in [3.8, 4) is 0 Å². The average Bonchev–Trinajstić information content (AvgIpc) is 2.79. The lowest BCUT2D eigenvalue weighted by Gasteiger charge is -2.34. The maximum absolute atomic E-state index is 13.1. The molecule has 0 spiro atoms. The molecule has 2 heterocycles. The molecule has 3 unspecified atom stereocenters. The topological polar surface area (TPSA) is 101 Å². The fraction of sp³-hybridized carbons (Fsp3) is 0.625. The Labute approximate surface area is 195 Å². The number of sulfonamides is 1. The first-order valence-electron chi connectivity index (χ1n) is 12.0. The molecule has 1 amide bonds. The van der Waals surface area contributed by atoms with E-state index in [-0.39, 0.29) is 28.8 Å². The molecular weight excluding hydrogens is 440 g/mol. The second-order valence-corrected chi connectivity index (χ2v) is 11.8. The lowest BCUT2D eigenvalue weighted by atomic mass is 9.78. The molecular formula is C24H34N4O4S. The molecule has 2 aromatic rings. The summed E-state index contributed by atoms with van der Waals surface area (Å²) in [4.78, 5) is 30.2. The molecule has 2 aliphatic rings. The van der Waals surface area contributed by atoms with Crippen molar-refractivity contribution < 1.29 is 13.2 Å². The van der Waals surface area contributed by atoms with Gasteiger partial charge in [-0.05, 0) is 55.2 Å². The van der Waals surface area contributed by atoms with E-state index in [1.165, 1.54) is 33.8 Å². The van der Waals surface area contributed by atoms with E-state index in [1.54, 1.807) is 6.07 Å². The summed E-state index contributed by atoms with van der Waals surface area (Å²) in [6.45, 7) is 7.31. The van der Waals surface area contributed by atoms with Crippen molar-refractivity contribution >= 4 is 26.8 Å². The van der Waals surface area contributed by atoms with Crippen LogP contribution in [-0.4, -0.2) is 47.3 Å². The standard InChI is InChI=1S/C24H34N4O4S/c1-16-9-11-28(12-10-16)33(31,32)19-7-8-22-20(13-19)24(30)27(15-25-22)14-23(29)26-21-6-4-5-17(2)18(21)3/h7-8,13,15-18,21H,4-6,9-12,14H2,1-3H3,(H,26,29). The molecule has 1 saturated carbocycles. The number of benzene rings is 1. The Hall–Kier alpha value is -2.26. The number of carbonyl (C=O) groups is 1. The minimum absolute atomic E-state index is 0.0932. The van der Waals surface area contributed by atoms with Gasteiger partial charge in [0.2, 0.25) is 15.9 Å². The third kappa shape index (κ3) is 4.99. The number of carbonyl (C=O) groups excluding carboxylic acids is 1. The number of nitrogens with zero attached hydrogens (tertiary/aromatic N) is 3. The summed E-state index contributed by atoms with van der Waals surface area (Å²) in [6, 6.07) is 4.57. The summed E-state index contributed by atoms with van der Waals surface area (Å²) in [5.74, 6) is 1.23. The third-order valence-corrected chi connectivity index (χ3v) is 9.44. The van der Waals surface area contributed by atoms with Crippen molar-refractivity contribution in [1.82, 2.24) is 19.2 Å². The summed E-state index contributed by atoms with van der Waals surface area (Å²) >= 11 is 0. The minimum Gasteiger partial charge on any atom is -0.352 e. The highest BCUT2D eigenvalue weighted by atomic mass is 32.2. The monoisotopic (exact) mass is 474 g/mol. The van der Waals surface area contributed by atoms with Gasteiger partial charge in [-0.1, -0.05) is 33.6 Å². The van der Waals surface area contributed by atoms with E-state index in [0.29, 0.717) is 36.4 Å². The first-order valence-corrected chi connectivity index (χ1v) is 13.4. The molecule has 1 aromatic heterocycles. The molecule has 1 aliphatic heterocycles. The zero-order valence-corrected chi connectivity index (χ0v) is 20.5. The molecule has 1 aromatic carbocycles. The molecule has 0 radical (unpaired) electrons. The van der Waals surface area contributed by atoms with E-state index in [9.17, 15) is 18.0 Å². The van der Waals surface area contributed by atoms with Crippen LogP contribution in [0.15, 0.2) is 34.2 Å². The quantitative estimate of drug-likeness (QED) is 0.718. The van der Waals surface area contributed by atoms with E-state index in [1.807, 2.05) is 0 Å².